The van der Waals surface area contributed by atoms with Gasteiger partial charge in [-0.1, -0.05) is 194 Å². The number of carbonyl (C=O) groups is 3. The summed E-state index contributed by atoms with van der Waals surface area (Å²) in [6.45, 7) is 2.39. The van der Waals surface area contributed by atoms with Crippen LogP contribution in [0.25, 0.3) is 0 Å². The van der Waals surface area contributed by atoms with E-state index in [4.69, 9.17) is 24.8 Å². The van der Waals surface area contributed by atoms with E-state index >= 15 is 0 Å². The molecule has 3 atom stereocenters. The van der Waals surface area contributed by atoms with Crippen molar-refractivity contribution in [2.75, 3.05) is 19.8 Å². The Kier molecular flexibility index (Phi) is 37.3. The lowest BCUT2D eigenvalue weighted by atomic mass is 10.0. The molecule has 0 aromatic carbocycles. The molecule has 0 aromatic heterocycles. The van der Waals surface area contributed by atoms with Gasteiger partial charge in [0.25, 0.3) is 0 Å². The largest absolute Gasteiger partial charge is 0.480 e. The van der Waals surface area contributed by atoms with E-state index in [9.17, 15) is 23.8 Å². The third-order valence-corrected chi connectivity index (χ3v) is 10.8. The fraction of sp³-hybridized carbons (Fsp3) is 0.929. The number of phosphoric acid groups is 1. The summed E-state index contributed by atoms with van der Waals surface area (Å²) in [5, 5.41) is 8.78. The number of ether oxygens (including phenoxy) is 2. The first-order valence-corrected chi connectivity index (χ1v) is 23.6. The van der Waals surface area contributed by atoms with Gasteiger partial charge in [-0.15, -0.1) is 0 Å². The molecule has 11 nitrogen and oxygen atoms in total. The summed E-state index contributed by atoms with van der Waals surface area (Å²) >= 11 is 0. The van der Waals surface area contributed by atoms with Crippen LogP contribution in [-0.2, 0) is 37.5 Å². The van der Waals surface area contributed by atoms with Crippen molar-refractivity contribution in [1.82, 2.24) is 0 Å². The zero-order valence-corrected chi connectivity index (χ0v) is 35.5. The number of nitrogens with two attached hydrogens (primary N) is 1. The molecule has 320 valence electrons. The highest BCUT2D eigenvalue weighted by Crippen LogP contribution is 2.43. The summed E-state index contributed by atoms with van der Waals surface area (Å²) in [7, 11) is -4.68. The maximum absolute atomic E-state index is 12.3. The van der Waals surface area contributed by atoms with Crippen LogP contribution in [0, 0.1) is 0 Å². The highest BCUT2D eigenvalue weighted by Gasteiger charge is 2.28. The second kappa shape index (κ2) is 38.4. The number of unbranched alkanes of at least 4 members (excludes halogenated alkanes) is 28. The van der Waals surface area contributed by atoms with Crippen LogP contribution in [0.3, 0.4) is 0 Å². The summed E-state index contributed by atoms with van der Waals surface area (Å²) < 4.78 is 31.9. The number of carboxylic acid groups (broad SMARTS) is 1. The molecule has 0 rings (SSSR count). The Morgan fingerprint density at radius 1 is 0.500 bits per heavy atom. The Bertz CT molecular complexity index is 937. The van der Waals surface area contributed by atoms with Gasteiger partial charge in [0, 0.05) is 12.8 Å². The molecular formula is C42H82NO10P. The Hall–Kier alpha value is -1.52. The number of hydrogen-bond acceptors (Lipinski definition) is 9. The molecule has 1 unspecified atom stereocenters. The van der Waals surface area contributed by atoms with Crippen LogP contribution in [-0.4, -0.2) is 59.9 Å². The van der Waals surface area contributed by atoms with Crippen molar-refractivity contribution >= 4 is 25.7 Å². The number of phosphoric ester groups is 1. The average molecular weight is 792 g/mol. The number of esters is 2. The Labute approximate surface area is 329 Å². The maximum Gasteiger partial charge on any atom is 0.472 e. The van der Waals surface area contributed by atoms with Gasteiger partial charge in [0.05, 0.1) is 13.2 Å². The van der Waals surface area contributed by atoms with Crippen LogP contribution >= 0.6 is 7.82 Å². The lowest BCUT2D eigenvalue weighted by Gasteiger charge is -2.20. The molecule has 4 N–H and O–H groups in total. The second-order valence-electron chi connectivity index (χ2n) is 15.2. The van der Waals surface area contributed by atoms with E-state index < -0.39 is 51.1 Å². The summed E-state index contributed by atoms with van der Waals surface area (Å²) in [6.07, 6.45) is 38.5. The summed E-state index contributed by atoms with van der Waals surface area (Å²) in [5.41, 5.74) is 5.26. The minimum Gasteiger partial charge on any atom is -0.480 e. The predicted octanol–water partition coefficient (Wildman–Crippen LogP) is 11.5. The molecule has 0 aliphatic carbocycles. The second-order valence-corrected chi connectivity index (χ2v) is 16.7. The van der Waals surface area contributed by atoms with Crippen molar-refractivity contribution in [2.45, 2.75) is 231 Å². The summed E-state index contributed by atoms with van der Waals surface area (Å²) in [4.78, 5) is 44.8. The highest BCUT2D eigenvalue weighted by molar-refractivity contribution is 7.47. The molecule has 0 spiro atoms. The van der Waals surface area contributed by atoms with Crippen LogP contribution in [0.5, 0.6) is 0 Å². The van der Waals surface area contributed by atoms with Crippen molar-refractivity contribution in [3.63, 3.8) is 0 Å². The van der Waals surface area contributed by atoms with E-state index in [2.05, 4.69) is 11.4 Å². The first kappa shape index (κ1) is 52.5. The van der Waals surface area contributed by atoms with Gasteiger partial charge in [0.15, 0.2) is 6.10 Å². The fourth-order valence-corrected chi connectivity index (χ4v) is 7.18. The minimum absolute atomic E-state index is 0.116. The maximum atomic E-state index is 12.3. The van der Waals surface area contributed by atoms with E-state index in [-0.39, 0.29) is 19.4 Å². The lowest BCUT2D eigenvalue weighted by Crippen LogP contribution is -2.34. The third-order valence-electron chi connectivity index (χ3n) is 9.82. The number of carbonyl (C=O) groups excluding carboxylic acids is 2. The molecule has 54 heavy (non-hydrogen) atoms. The fourth-order valence-electron chi connectivity index (χ4n) is 6.40. The van der Waals surface area contributed by atoms with Gasteiger partial charge < -0.3 is 25.2 Å². The van der Waals surface area contributed by atoms with E-state index in [1.807, 2.05) is 0 Å². The van der Waals surface area contributed by atoms with Gasteiger partial charge in [-0.25, -0.2) is 4.57 Å². The quantitative estimate of drug-likeness (QED) is 0.0305. The van der Waals surface area contributed by atoms with Crippen molar-refractivity contribution in [2.24, 2.45) is 5.73 Å². The molecule has 0 amide bonds. The monoisotopic (exact) mass is 792 g/mol. The highest BCUT2D eigenvalue weighted by atomic mass is 31.2. The molecule has 0 heterocycles. The standard InChI is InChI=1S/C42H82NO10P/c1-3-5-6-7-8-9-10-11-12-13-14-15-16-17-18-19-20-21-22-23-24-25-26-27-28-29-30-31-32-34-40(44)50-35-38(53-41(45)33-4-2)36-51-54(48,49)52-37-39(43)42(46)47/h38-39H,3-37,43H2,1-2H3,(H,46,47)(H,48,49)/t38-,39+/m1/s1. The van der Waals surface area contributed by atoms with Crippen molar-refractivity contribution in [3.8, 4) is 0 Å². The number of hydrogen-bond donors (Lipinski definition) is 3. The molecule has 0 radical (unpaired) electrons. The van der Waals surface area contributed by atoms with Crippen molar-refractivity contribution in [1.29, 1.82) is 0 Å². The first-order chi connectivity index (χ1) is 26.1. The molecular weight excluding hydrogens is 709 g/mol. The van der Waals surface area contributed by atoms with Crippen LogP contribution in [0.1, 0.15) is 219 Å². The average Bonchev–Trinajstić information content (AvgIpc) is 3.14. The number of rotatable bonds is 42. The molecule has 0 saturated heterocycles. The van der Waals surface area contributed by atoms with Gasteiger partial charge in [-0.05, 0) is 12.8 Å². The Balaban J connectivity index is 3.65. The SMILES string of the molecule is CCCCCCCCCCCCCCCCCCCCCCCCCCCCCCCC(=O)OC[C@H](COP(=O)(O)OC[C@H](N)C(=O)O)OC(=O)CCC. The van der Waals surface area contributed by atoms with E-state index in [0.29, 0.717) is 12.8 Å². The van der Waals surface area contributed by atoms with Crippen LogP contribution in [0.15, 0.2) is 0 Å². The summed E-state index contributed by atoms with van der Waals surface area (Å²) in [6, 6.07) is -1.51. The van der Waals surface area contributed by atoms with Crippen LogP contribution in [0.4, 0.5) is 0 Å². The Morgan fingerprint density at radius 3 is 1.20 bits per heavy atom. The Morgan fingerprint density at radius 2 is 0.852 bits per heavy atom. The third kappa shape index (κ3) is 37.4. The zero-order valence-electron chi connectivity index (χ0n) is 34.6. The lowest BCUT2D eigenvalue weighted by molar-refractivity contribution is -0.161. The number of aliphatic carboxylic acids is 1. The smallest absolute Gasteiger partial charge is 0.472 e. The van der Waals surface area contributed by atoms with Gasteiger partial charge in [-0.3, -0.25) is 23.4 Å². The molecule has 0 aliphatic rings. The van der Waals surface area contributed by atoms with E-state index in [1.165, 1.54) is 161 Å². The molecule has 0 fully saturated rings. The topological polar surface area (TPSA) is 172 Å². The molecule has 0 saturated carbocycles. The zero-order chi connectivity index (χ0) is 40.0. The van der Waals surface area contributed by atoms with Gasteiger partial charge in [0.2, 0.25) is 0 Å². The van der Waals surface area contributed by atoms with Crippen molar-refractivity contribution < 1.29 is 47.5 Å². The predicted molar refractivity (Wildman–Crippen MR) is 217 cm³/mol. The minimum atomic E-state index is -4.68. The van der Waals surface area contributed by atoms with Crippen LogP contribution < -0.4 is 5.73 Å². The molecule has 12 heteroatoms. The molecule has 0 aromatic rings. The normalized spacial score (nSPS) is 13.7. The van der Waals surface area contributed by atoms with Crippen LogP contribution in [0.2, 0.25) is 0 Å². The van der Waals surface area contributed by atoms with Gasteiger partial charge in [-0.2, -0.15) is 0 Å². The molecule has 0 bridgehead atoms. The first-order valence-electron chi connectivity index (χ1n) is 22.1. The molecule has 0 aliphatic heterocycles. The van der Waals surface area contributed by atoms with E-state index in [0.717, 1.165) is 19.3 Å². The number of carboxylic acids is 1. The van der Waals surface area contributed by atoms with Crippen molar-refractivity contribution in [3.05, 3.63) is 0 Å². The van der Waals surface area contributed by atoms with E-state index in [1.54, 1.807) is 6.92 Å². The van der Waals surface area contributed by atoms with Gasteiger partial charge >= 0.3 is 25.7 Å². The van der Waals surface area contributed by atoms with Gasteiger partial charge in [0.1, 0.15) is 12.6 Å². The summed E-state index contributed by atoms with van der Waals surface area (Å²) in [5.74, 6) is -2.43.